The Kier molecular flexibility index (Phi) is 8.20. The number of ketones is 2. The van der Waals surface area contributed by atoms with Gasteiger partial charge >= 0.3 is 0 Å². The van der Waals surface area contributed by atoms with E-state index >= 15 is 9.59 Å². The number of carbonyl (C=O) groups excluding carboxylic acids is 4. The van der Waals surface area contributed by atoms with Gasteiger partial charge in [-0.25, -0.2) is 0 Å². The number of ether oxygens (including phenoxy) is 2. The number of aryl methyl sites for hydroxylation is 1. The Morgan fingerprint density at radius 3 is 2.06 bits per heavy atom. The van der Waals surface area contributed by atoms with E-state index in [1.807, 2.05) is 97.9 Å². The predicted octanol–water partition coefficient (Wildman–Crippen LogP) is 7.00. The van der Waals surface area contributed by atoms with Crippen LogP contribution in [-0.2, 0) is 31.0 Å². The van der Waals surface area contributed by atoms with E-state index in [-0.39, 0.29) is 53.5 Å². The zero-order valence-electron chi connectivity index (χ0n) is 29.2. The molecule has 262 valence electrons. The highest BCUT2D eigenvalue weighted by molar-refractivity contribution is 6.32. The molecule has 1 heterocycles. The Hall–Kier alpha value is -5.76. The second-order valence-electron chi connectivity index (χ2n) is 14.1. The van der Waals surface area contributed by atoms with Crippen LogP contribution in [-0.4, -0.2) is 42.7 Å². The van der Waals surface area contributed by atoms with Crippen LogP contribution in [0.5, 0.6) is 17.2 Å². The Labute approximate surface area is 302 Å². The van der Waals surface area contributed by atoms with Gasteiger partial charge in [-0.2, -0.15) is 0 Å². The molecular formula is C44H39NO7. The van der Waals surface area contributed by atoms with E-state index < -0.39 is 35.0 Å². The molecule has 1 saturated heterocycles. The van der Waals surface area contributed by atoms with Crippen LogP contribution in [0.3, 0.4) is 0 Å². The lowest BCUT2D eigenvalue weighted by molar-refractivity contribution is -0.135. The molecule has 6 atom stereocenters. The standard InChI is InChI=1S/C44H39NO7/c1-4-25-15-17-28(18-16-25)45-42(49)31-20-19-30-33(38(31)43(45)50)23-34-41(48)32(26-11-7-5-8-12-26)24-37(47)44(34,27-13-9-6-10-14-27)40(30)39-35(51-2)21-29(46)22-36(39)52-3/h5-19,21-22,24,31,33-34,38,40,46H,4,20,23H2,1-3H3. The highest BCUT2D eigenvalue weighted by Crippen LogP contribution is 2.65. The van der Waals surface area contributed by atoms with Crippen molar-refractivity contribution in [3.05, 3.63) is 137 Å². The van der Waals surface area contributed by atoms with Gasteiger partial charge in [-0.15, -0.1) is 0 Å². The third kappa shape index (κ3) is 4.80. The number of methoxy groups -OCH3 is 2. The zero-order chi connectivity index (χ0) is 36.3. The molecule has 1 N–H and O–H groups in total. The van der Waals surface area contributed by atoms with Gasteiger partial charge in [0.05, 0.1) is 37.2 Å². The number of nitrogens with zero attached hydrogens (tertiary/aromatic N) is 1. The Morgan fingerprint density at radius 2 is 1.44 bits per heavy atom. The number of amides is 2. The second kappa shape index (κ2) is 12.8. The van der Waals surface area contributed by atoms with E-state index in [0.29, 0.717) is 28.0 Å². The summed E-state index contributed by atoms with van der Waals surface area (Å²) in [4.78, 5) is 60.6. The summed E-state index contributed by atoms with van der Waals surface area (Å²) < 4.78 is 11.9. The van der Waals surface area contributed by atoms with Crippen molar-refractivity contribution in [2.45, 2.75) is 37.5 Å². The molecule has 8 rings (SSSR count). The molecule has 0 spiro atoms. The van der Waals surface area contributed by atoms with Crippen molar-refractivity contribution in [1.82, 2.24) is 0 Å². The molecule has 0 aromatic heterocycles. The van der Waals surface area contributed by atoms with Crippen molar-refractivity contribution in [3.63, 3.8) is 0 Å². The minimum absolute atomic E-state index is 0.0913. The summed E-state index contributed by atoms with van der Waals surface area (Å²) in [5.41, 5.74) is 3.03. The lowest BCUT2D eigenvalue weighted by Crippen LogP contribution is -2.59. The molecule has 6 unspecified atom stereocenters. The molecular weight excluding hydrogens is 654 g/mol. The number of imide groups is 1. The molecule has 8 heteroatoms. The third-order valence-electron chi connectivity index (χ3n) is 11.8. The molecule has 1 aliphatic heterocycles. The van der Waals surface area contributed by atoms with Gasteiger partial charge in [0.2, 0.25) is 11.8 Å². The molecule has 2 fully saturated rings. The number of fused-ring (bicyclic) bond motifs is 4. The number of carbonyl (C=O) groups is 4. The summed E-state index contributed by atoms with van der Waals surface area (Å²) in [5, 5.41) is 10.7. The number of hydrogen-bond donors (Lipinski definition) is 1. The van der Waals surface area contributed by atoms with E-state index in [1.54, 1.807) is 0 Å². The molecule has 1 saturated carbocycles. The number of hydrogen-bond acceptors (Lipinski definition) is 7. The molecule has 3 aliphatic carbocycles. The van der Waals surface area contributed by atoms with Gasteiger partial charge in [-0.1, -0.05) is 91.4 Å². The number of Topliss-reactive ketones (excluding diaryl/α,β-unsaturated/α-hetero) is 1. The largest absolute Gasteiger partial charge is 0.508 e. The predicted molar refractivity (Wildman–Crippen MR) is 196 cm³/mol. The number of rotatable bonds is 7. The van der Waals surface area contributed by atoms with Crippen molar-refractivity contribution >= 4 is 34.6 Å². The number of benzene rings is 4. The fourth-order valence-electron chi connectivity index (χ4n) is 9.53. The molecule has 4 aliphatic rings. The first-order chi connectivity index (χ1) is 25.2. The number of phenolic OH excluding ortho intramolecular Hbond substituents is 1. The molecule has 52 heavy (non-hydrogen) atoms. The minimum Gasteiger partial charge on any atom is -0.508 e. The van der Waals surface area contributed by atoms with Crippen molar-refractivity contribution in [3.8, 4) is 17.2 Å². The van der Waals surface area contributed by atoms with Crippen LogP contribution in [0.2, 0.25) is 0 Å². The van der Waals surface area contributed by atoms with Crippen LogP contribution in [0.25, 0.3) is 5.57 Å². The molecule has 0 radical (unpaired) electrons. The summed E-state index contributed by atoms with van der Waals surface area (Å²) in [6, 6.07) is 29.0. The van der Waals surface area contributed by atoms with Gasteiger partial charge in [0.1, 0.15) is 17.2 Å². The van der Waals surface area contributed by atoms with Crippen LogP contribution in [0.1, 0.15) is 47.9 Å². The number of allylic oxidation sites excluding steroid dienone is 4. The quantitative estimate of drug-likeness (QED) is 0.164. The summed E-state index contributed by atoms with van der Waals surface area (Å²) in [6.45, 7) is 2.05. The maximum absolute atomic E-state index is 15.3. The van der Waals surface area contributed by atoms with Gasteiger partial charge in [-0.3, -0.25) is 24.1 Å². The molecule has 0 bridgehead atoms. The molecule has 8 nitrogen and oxygen atoms in total. The summed E-state index contributed by atoms with van der Waals surface area (Å²) in [7, 11) is 2.97. The van der Waals surface area contributed by atoms with Crippen LogP contribution in [0.4, 0.5) is 5.69 Å². The van der Waals surface area contributed by atoms with Crippen LogP contribution >= 0.6 is 0 Å². The first-order valence-corrected chi connectivity index (χ1v) is 17.8. The smallest absolute Gasteiger partial charge is 0.238 e. The number of phenols is 1. The lowest BCUT2D eigenvalue weighted by Gasteiger charge is -2.55. The van der Waals surface area contributed by atoms with Gasteiger partial charge in [0.25, 0.3) is 0 Å². The van der Waals surface area contributed by atoms with E-state index in [0.717, 1.165) is 17.6 Å². The minimum atomic E-state index is -1.47. The van der Waals surface area contributed by atoms with Crippen LogP contribution < -0.4 is 14.4 Å². The maximum Gasteiger partial charge on any atom is 0.238 e. The van der Waals surface area contributed by atoms with Crippen LogP contribution in [0.15, 0.2) is 115 Å². The molecule has 4 aromatic carbocycles. The number of aromatic hydroxyl groups is 1. The Bertz CT molecular complexity index is 2150. The third-order valence-corrected chi connectivity index (χ3v) is 11.8. The topological polar surface area (TPSA) is 110 Å². The summed E-state index contributed by atoms with van der Waals surface area (Å²) >= 11 is 0. The summed E-state index contributed by atoms with van der Waals surface area (Å²) in [5.74, 6) is -4.26. The van der Waals surface area contributed by atoms with E-state index in [9.17, 15) is 14.7 Å². The van der Waals surface area contributed by atoms with Crippen molar-refractivity contribution in [2.75, 3.05) is 19.1 Å². The second-order valence-corrected chi connectivity index (χ2v) is 14.1. The van der Waals surface area contributed by atoms with Gasteiger partial charge in [0.15, 0.2) is 11.6 Å². The average molecular weight is 694 g/mol. The molecule has 4 aromatic rings. The van der Waals surface area contributed by atoms with Gasteiger partial charge in [-0.05, 0) is 60.1 Å². The SMILES string of the molecule is CCc1ccc(N2C(=O)C3CC=C4C(CC5C(=O)C(c6ccccc6)=CC(=O)C5(c5ccccc5)C4c4c(OC)cc(O)cc4OC)C3C2=O)cc1. The lowest BCUT2D eigenvalue weighted by atomic mass is 9.44. The summed E-state index contributed by atoms with van der Waals surface area (Å²) in [6.07, 6.45) is 4.77. The normalized spacial score (nSPS) is 26.6. The fraction of sp³-hybridized carbons (Fsp3) is 0.273. The fourth-order valence-corrected chi connectivity index (χ4v) is 9.53. The van der Waals surface area contributed by atoms with E-state index in [1.165, 1.54) is 37.3 Å². The van der Waals surface area contributed by atoms with E-state index in [4.69, 9.17) is 9.47 Å². The van der Waals surface area contributed by atoms with Crippen LogP contribution in [0, 0.1) is 23.7 Å². The van der Waals surface area contributed by atoms with Crippen molar-refractivity contribution in [2.24, 2.45) is 23.7 Å². The Balaban J connectivity index is 1.39. The first kappa shape index (κ1) is 33.4. The van der Waals surface area contributed by atoms with Gasteiger partial charge < -0.3 is 14.6 Å². The van der Waals surface area contributed by atoms with E-state index in [2.05, 4.69) is 0 Å². The van der Waals surface area contributed by atoms with Crippen molar-refractivity contribution < 1.29 is 33.8 Å². The van der Waals surface area contributed by atoms with Crippen molar-refractivity contribution in [1.29, 1.82) is 0 Å². The number of anilines is 1. The first-order valence-electron chi connectivity index (χ1n) is 17.8. The highest BCUT2D eigenvalue weighted by Gasteiger charge is 2.66. The molecule has 2 amide bonds. The maximum atomic E-state index is 15.3. The van der Waals surface area contributed by atoms with Gasteiger partial charge in [0, 0.05) is 35.1 Å². The monoisotopic (exact) mass is 693 g/mol. The average Bonchev–Trinajstić information content (AvgIpc) is 3.44. The highest BCUT2D eigenvalue weighted by atomic mass is 16.5. The Morgan fingerprint density at radius 1 is 0.808 bits per heavy atom. The zero-order valence-corrected chi connectivity index (χ0v) is 29.2.